The van der Waals surface area contributed by atoms with Crippen molar-refractivity contribution < 1.29 is 23.6 Å². The number of furan rings is 1. The summed E-state index contributed by atoms with van der Waals surface area (Å²) in [4.78, 5) is 23.2. The van der Waals surface area contributed by atoms with Gasteiger partial charge in [-0.15, -0.1) is 0 Å². The molecule has 0 aliphatic heterocycles. The lowest BCUT2D eigenvalue weighted by Gasteiger charge is -2.07. The summed E-state index contributed by atoms with van der Waals surface area (Å²) in [5, 5.41) is 13.8. The van der Waals surface area contributed by atoms with Crippen molar-refractivity contribution >= 4 is 17.3 Å². The number of hydrogen-bond donors (Lipinski definition) is 1. The number of nitrogens with one attached hydrogen (secondary N) is 1. The molecule has 0 atom stereocenters. The van der Waals surface area contributed by atoms with E-state index in [1.54, 1.807) is 19.1 Å². The molecule has 0 unspecified atom stereocenters. The average molecular weight is 410 g/mol. The number of anilines is 1. The highest BCUT2D eigenvalue weighted by molar-refractivity contribution is 6.03. The predicted molar refractivity (Wildman–Crippen MR) is 111 cm³/mol. The van der Waals surface area contributed by atoms with Crippen molar-refractivity contribution in [3.8, 4) is 11.5 Å². The van der Waals surface area contributed by atoms with Crippen LogP contribution in [0, 0.1) is 10.1 Å². The third-order valence-corrected chi connectivity index (χ3v) is 4.32. The van der Waals surface area contributed by atoms with Crippen molar-refractivity contribution in [1.29, 1.82) is 0 Å². The lowest BCUT2D eigenvalue weighted by atomic mass is 10.2. The van der Waals surface area contributed by atoms with Gasteiger partial charge in [0.2, 0.25) is 0 Å². The highest BCUT2D eigenvalue weighted by Crippen LogP contribution is 2.29. The average Bonchev–Trinajstić information content (AvgIpc) is 3.23. The summed E-state index contributed by atoms with van der Waals surface area (Å²) in [7, 11) is 0. The number of ether oxygens (including phenoxy) is 2. The van der Waals surface area contributed by atoms with E-state index in [1.807, 2.05) is 24.3 Å². The van der Waals surface area contributed by atoms with E-state index < -0.39 is 10.8 Å². The maximum atomic E-state index is 12.5. The van der Waals surface area contributed by atoms with Crippen LogP contribution < -0.4 is 14.8 Å². The topological polar surface area (TPSA) is 104 Å². The van der Waals surface area contributed by atoms with Crippen molar-refractivity contribution in [3.05, 3.63) is 81.8 Å². The van der Waals surface area contributed by atoms with Gasteiger partial charge in [0.05, 0.1) is 17.6 Å². The fourth-order valence-electron chi connectivity index (χ4n) is 2.76. The van der Waals surface area contributed by atoms with Crippen molar-refractivity contribution in [2.75, 3.05) is 11.9 Å². The molecule has 0 fully saturated rings. The minimum Gasteiger partial charge on any atom is -0.494 e. The second-order valence-electron chi connectivity index (χ2n) is 6.38. The third-order valence-electron chi connectivity index (χ3n) is 4.32. The van der Waals surface area contributed by atoms with Gasteiger partial charge in [-0.1, -0.05) is 19.1 Å². The number of aryl methyl sites for hydroxylation is 1. The minimum absolute atomic E-state index is 0.0260. The monoisotopic (exact) mass is 410 g/mol. The molecule has 1 amide bonds. The van der Waals surface area contributed by atoms with Crippen molar-refractivity contribution in [3.63, 3.8) is 0 Å². The van der Waals surface area contributed by atoms with E-state index in [9.17, 15) is 14.9 Å². The Morgan fingerprint density at radius 1 is 1.03 bits per heavy atom. The Morgan fingerprint density at radius 3 is 2.43 bits per heavy atom. The third kappa shape index (κ3) is 5.16. The normalized spacial score (nSPS) is 10.5. The maximum Gasteiger partial charge on any atom is 0.296 e. The summed E-state index contributed by atoms with van der Waals surface area (Å²) in [5.41, 5.74) is 1.00. The first-order valence-electron chi connectivity index (χ1n) is 9.53. The fourth-order valence-corrected chi connectivity index (χ4v) is 2.76. The Kier molecular flexibility index (Phi) is 6.69. The van der Waals surface area contributed by atoms with Crippen LogP contribution in [0.4, 0.5) is 11.4 Å². The quantitative estimate of drug-likeness (QED) is 0.394. The SMILES string of the molecule is CCOc1ccc(NC(=O)c2ccc(COc3ccc(CC)cc3)o2)c([N+](=O)[O-])c1. The van der Waals surface area contributed by atoms with Crippen LogP contribution in [0.2, 0.25) is 0 Å². The van der Waals surface area contributed by atoms with Gasteiger partial charge in [-0.3, -0.25) is 14.9 Å². The van der Waals surface area contributed by atoms with Crippen LogP contribution in [0.1, 0.15) is 35.7 Å². The molecule has 156 valence electrons. The van der Waals surface area contributed by atoms with Crippen LogP contribution >= 0.6 is 0 Å². The largest absolute Gasteiger partial charge is 0.494 e. The summed E-state index contributed by atoms with van der Waals surface area (Å²) in [6.45, 7) is 4.39. The summed E-state index contributed by atoms with van der Waals surface area (Å²) >= 11 is 0. The van der Waals surface area contributed by atoms with E-state index in [0.717, 1.165) is 6.42 Å². The summed E-state index contributed by atoms with van der Waals surface area (Å²) < 4.78 is 16.4. The highest BCUT2D eigenvalue weighted by Gasteiger charge is 2.20. The Morgan fingerprint density at radius 2 is 1.77 bits per heavy atom. The van der Waals surface area contributed by atoms with Gasteiger partial charge < -0.3 is 19.2 Å². The zero-order valence-electron chi connectivity index (χ0n) is 16.7. The molecular formula is C22H22N2O6. The second kappa shape index (κ2) is 9.60. The number of hydrogen-bond acceptors (Lipinski definition) is 6. The van der Waals surface area contributed by atoms with Gasteiger partial charge in [0.25, 0.3) is 11.6 Å². The van der Waals surface area contributed by atoms with Gasteiger partial charge in [-0.25, -0.2) is 0 Å². The van der Waals surface area contributed by atoms with Gasteiger partial charge in [0, 0.05) is 0 Å². The molecular weight excluding hydrogens is 388 g/mol. The van der Waals surface area contributed by atoms with Crippen LogP contribution in [-0.2, 0) is 13.0 Å². The first-order valence-corrected chi connectivity index (χ1v) is 9.53. The molecule has 3 rings (SSSR count). The van der Waals surface area contributed by atoms with Crippen LogP contribution in [0.5, 0.6) is 11.5 Å². The molecule has 8 nitrogen and oxygen atoms in total. The fraction of sp³-hybridized carbons (Fsp3) is 0.227. The van der Waals surface area contributed by atoms with Crippen molar-refractivity contribution in [1.82, 2.24) is 0 Å². The zero-order valence-corrected chi connectivity index (χ0v) is 16.7. The van der Waals surface area contributed by atoms with E-state index in [0.29, 0.717) is 23.9 Å². The number of nitrogens with zero attached hydrogens (tertiary/aromatic N) is 1. The van der Waals surface area contributed by atoms with Crippen LogP contribution in [0.25, 0.3) is 0 Å². The molecule has 0 radical (unpaired) electrons. The van der Waals surface area contributed by atoms with Crippen LogP contribution in [0.3, 0.4) is 0 Å². The summed E-state index contributed by atoms with van der Waals surface area (Å²) in [5.74, 6) is 0.936. The molecule has 0 aliphatic rings. The Bertz CT molecular complexity index is 1030. The first-order chi connectivity index (χ1) is 14.5. The standard InChI is InChI=1S/C22H22N2O6/c1-3-15-5-7-16(8-6-15)29-14-18-10-12-21(30-18)22(25)23-19-11-9-17(28-4-2)13-20(19)24(26)27/h5-13H,3-4,14H2,1-2H3,(H,23,25). The maximum absolute atomic E-state index is 12.5. The molecule has 2 aromatic carbocycles. The smallest absolute Gasteiger partial charge is 0.296 e. The molecule has 30 heavy (non-hydrogen) atoms. The number of nitro benzene ring substituents is 1. The number of rotatable bonds is 9. The van der Waals surface area contributed by atoms with Crippen molar-refractivity contribution in [2.45, 2.75) is 26.9 Å². The van der Waals surface area contributed by atoms with E-state index in [-0.39, 0.29) is 23.7 Å². The number of nitro groups is 1. The van der Waals surface area contributed by atoms with Crippen LogP contribution in [-0.4, -0.2) is 17.4 Å². The van der Waals surface area contributed by atoms with E-state index in [4.69, 9.17) is 13.9 Å². The highest BCUT2D eigenvalue weighted by atomic mass is 16.6. The van der Waals surface area contributed by atoms with E-state index >= 15 is 0 Å². The lowest BCUT2D eigenvalue weighted by molar-refractivity contribution is -0.384. The molecule has 1 N–H and O–H groups in total. The van der Waals surface area contributed by atoms with Gasteiger partial charge in [0.1, 0.15) is 29.6 Å². The number of benzene rings is 2. The van der Waals surface area contributed by atoms with E-state index in [2.05, 4.69) is 12.2 Å². The Hall–Kier alpha value is -3.81. The van der Waals surface area contributed by atoms with Gasteiger partial charge in [0.15, 0.2) is 5.76 Å². The zero-order chi connectivity index (χ0) is 21.5. The molecule has 3 aromatic rings. The minimum atomic E-state index is -0.596. The number of carbonyl (C=O) groups excluding carboxylic acids is 1. The predicted octanol–water partition coefficient (Wildman–Crippen LogP) is 4.98. The molecule has 0 saturated carbocycles. The van der Waals surface area contributed by atoms with Gasteiger partial charge in [-0.05, 0) is 55.3 Å². The van der Waals surface area contributed by atoms with Crippen LogP contribution in [0.15, 0.2) is 59.0 Å². The van der Waals surface area contributed by atoms with Gasteiger partial charge in [-0.2, -0.15) is 0 Å². The molecule has 0 bridgehead atoms. The van der Waals surface area contributed by atoms with Gasteiger partial charge >= 0.3 is 0 Å². The molecule has 0 spiro atoms. The second-order valence-corrected chi connectivity index (χ2v) is 6.38. The molecule has 0 saturated heterocycles. The van der Waals surface area contributed by atoms with E-state index in [1.165, 1.54) is 23.8 Å². The Balaban J connectivity index is 1.65. The number of carbonyl (C=O) groups is 1. The first kappa shape index (κ1) is 20.9. The lowest BCUT2D eigenvalue weighted by Crippen LogP contribution is -2.12. The molecule has 8 heteroatoms. The summed E-state index contributed by atoms with van der Waals surface area (Å²) in [6.07, 6.45) is 0.948. The van der Waals surface area contributed by atoms with Crippen molar-refractivity contribution in [2.24, 2.45) is 0 Å². The molecule has 0 aliphatic carbocycles. The number of amides is 1. The molecule has 1 aromatic heterocycles. The summed E-state index contributed by atoms with van der Waals surface area (Å²) in [6, 6.07) is 15.1. The molecule has 1 heterocycles. The Labute approximate surface area is 173 Å².